The van der Waals surface area contributed by atoms with Crippen LogP contribution in [-0.4, -0.2) is 10.1 Å². The Hall–Kier alpha value is -2.59. The summed E-state index contributed by atoms with van der Waals surface area (Å²) in [7, 11) is 0. The Kier molecular flexibility index (Phi) is 4.10. The van der Waals surface area contributed by atoms with Crippen LogP contribution >= 0.6 is 0 Å². The van der Waals surface area contributed by atoms with E-state index >= 15 is 0 Å². The SMILES string of the molecule is N#Cc1cc(Oc2cccc(CO)c2)nc(C(F)(F)F)c1. The molecule has 0 amide bonds. The highest BCUT2D eigenvalue weighted by Gasteiger charge is 2.33. The van der Waals surface area contributed by atoms with Gasteiger partial charge in [0, 0.05) is 6.07 Å². The summed E-state index contributed by atoms with van der Waals surface area (Å²) in [4.78, 5) is 3.34. The van der Waals surface area contributed by atoms with Crippen molar-refractivity contribution in [1.29, 1.82) is 5.26 Å². The van der Waals surface area contributed by atoms with Gasteiger partial charge < -0.3 is 9.84 Å². The molecule has 7 heteroatoms. The minimum atomic E-state index is -4.67. The quantitative estimate of drug-likeness (QED) is 0.943. The molecule has 1 aromatic carbocycles. The average molecular weight is 294 g/mol. The number of pyridine rings is 1. The lowest BCUT2D eigenvalue weighted by Crippen LogP contribution is -2.09. The number of nitrogens with zero attached hydrogens (tertiary/aromatic N) is 2. The van der Waals surface area contributed by atoms with Crippen LogP contribution in [0.2, 0.25) is 0 Å². The largest absolute Gasteiger partial charge is 0.439 e. The van der Waals surface area contributed by atoms with E-state index in [2.05, 4.69) is 4.98 Å². The van der Waals surface area contributed by atoms with E-state index < -0.39 is 11.9 Å². The van der Waals surface area contributed by atoms with Crippen molar-refractivity contribution in [2.75, 3.05) is 0 Å². The van der Waals surface area contributed by atoms with E-state index in [1.807, 2.05) is 0 Å². The Balaban J connectivity index is 2.37. The summed E-state index contributed by atoms with van der Waals surface area (Å²) in [5.74, 6) is -0.117. The van der Waals surface area contributed by atoms with Crippen LogP contribution in [-0.2, 0) is 12.8 Å². The Labute approximate surface area is 118 Å². The van der Waals surface area contributed by atoms with Crippen molar-refractivity contribution < 1.29 is 23.0 Å². The number of ether oxygens (including phenoxy) is 1. The molecule has 0 radical (unpaired) electrons. The highest BCUT2D eigenvalue weighted by Crippen LogP contribution is 2.31. The Morgan fingerprint density at radius 3 is 2.62 bits per heavy atom. The van der Waals surface area contributed by atoms with Crippen LogP contribution in [0.4, 0.5) is 13.2 Å². The van der Waals surface area contributed by atoms with E-state index in [9.17, 15) is 13.2 Å². The maximum atomic E-state index is 12.7. The van der Waals surface area contributed by atoms with Gasteiger partial charge in [-0.05, 0) is 23.8 Å². The van der Waals surface area contributed by atoms with Crippen LogP contribution in [0.1, 0.15) is 16.8 Å². The van der Waals surface area contributed by atoms with Gasteiger partial charge in [0.2, 0.25) is 5.88 Å². The van der Waals surface area contributed by atoms with E-state index in [1.54, 1.807) is 18.2 Å². The molecular weight excluding hydrogens is 285 g/mol. The molecule has 0 aliphatic carbocycles. The Morgan fingerprint density at radius 2 is 2.00 bits per heavy atom. The molecule has 1 aromatic heterocycles. The molecule has 108 valence electrons. The smallest absolute Gasteiger partial charge is 0.433 e. The molecule has 0 spiro atoms. The summed E-state index contributed by atoms with van der Waals surface area (Å²) in [6.07, 6.45) is -4.67. The number of aliphatic hydroxyl groups is 1. The van der Waals surface area contributed by atoms with E-state index in [4.69, 9.17) is 15.1 Å². The first-order chi connectivity index (χ1) is 9.92. The van der Waals surface area contributed by atoms with E-state index in [0.29, 0.717) is 11.6 Å². The number of nitriles is 1. The van der Waals surface area contributed by atoms with Gasteiger partial charge in [-0.25, -0.2) is 4.98 Å². The van der Waals surface area contributed by atoms with Gasteiger partial charge in [0.15, 0.2) is 0 Å². The molecule has 1 N–H and O–H groups in total. The predicted octanol–water partition coefficient (Wildman–Crippen LogP) is 3.26. The molecule has 0 aliphatic heterocycles. The summed E-state index contributed by atoms with van der Waals surface area (Å²) in [5, 5.41) is 17.8. The van der Waals surface area contributed by atoms with Crippen molar-refractivity contribution in [3.63, 3.8) is 0 Å². The van der Waals surface area contributed by atoms with Crippen molar-refractivity contribution in [2.24, 2.45) is 0 Å². The van der Waals surface area contributed by atoms with Crippen LogP contribution in [0.3, 0.4) is 0 Å². The number of hydrogen-bond donors (Lipinski definition) is 1. The van der Waals surface area contributed by atoms with Gasteiger partial charge >= 0.3 is 6.18 Å². The monoisotopic (exact) mass is 294 g/mol. The molecule has 4 nitrogen and oxygen atoms in total. The minimum Gasteiger partial charge on any atom is -0.439 e. The van der Waals surface area contributed by atoms with Gasteiger partial charge in [-0.15, -0.1) is 0 Å². The molecule has 0 saturated heterocycles. The van der Waals surface area contributed by atoms with Crippen LogP contribution in [0.5, 0.6) is 11.6 Å². The third-order valence-electron chi connectivity index (χ3n) is 2.52. The second-order valence-electron chi connectivity index (χ2n) is 4.10. The van der Waals surface area contributed by atoms with Gasteiger partial charge in [0.1, 0.15) is 11.4 Å². The first kappa shape index (κ1) is 14.8. The normalized spacial score (nSPS) is 11.0. The topological polar surface area (TPSA) is 66.1 Å². The molecule has 0 aliphatic rings. The third kappa shape index (κ3) is 3.70. The molecule has 0 atom stereocenters. The molecule has 0 bridgehead atoms. The summed E-state index contributed by atoms with van der Waals surface area (Å²) in [5.41, 5.74) is -0.861. The van der Waals surface area contributed by atoms with Gasteiger partial charge in [-0.1, -0.05) is 12.1 Å². The van der Waals surface area contributed by atoms with E-state index in [-0.39, 0.29) is 23.8 Å². The van der Waals surface area contributed by atoms with Crippen molar-refractivity contribution in [3.8, 4) is 17.7 Å². The van der Waals surface area contributed by atoms with E-state index in [0.717, 1.165) is 6.07 Å². The van der Waals surface area contributed by atoms with Crippen molar-refractivity contribution >= 4 is 0 Å². The molecule has 2 aromatic rings. The molecular formula is C14H9F3N2O2. The molecule has 2 rings (SSSR count). The lowest BCUT2D eigenvalue weighted by Gasteiger charge is -2.10. The second kappa shape index (κ2) is 5.81. The number of alkyl halides is 3. The highest BCUT2D eigenvalue weighted by atomic mass is 19.4. The van der Waals surface area contributed by atoms with Gasteiger partial charge in [0.25, 0.3) is 0 Å². The summed E-state index contributed by atoms with van der Waals surface area (Å²) in [6, 6.07) is 9.58. The highest BCUT2D eigenvalue weighted by molar-refractivity contribution is 5.38. The number of aliphatic hydroxyl groups excluding tert-OH is 1. The number of halogens is 3. The van der Waals surface area contributed by atoms with Crippen LogP contribution in [0.15, 0.2) is 36.4 Å². The molecule has 0 saturated carbocycles. The van der Waals surface area contributed by atoms with Crippen LogP contribution < -0.4 is 4.74 Å². The Bertz CT molecular complexity index is 693. The average Bonchev–Trinajstić information content (AvgIpc) is 2.46. The van der Waals surface area contributed by atoms with Crippen molar-refractivity contribution in [1.82, 2.24) is 4.98 Å². The minimum absolute atomic E-state index is 0.203. The fourth-order valence-electron chi connectivity index (χ4n) is 1.60. The first-order valence-corrected chi connectivity index (χ1v) is 5.79. The maximum Gasteiger partial charge on any atom is 0.433 e. The second-order valence-corrected chi connectivity index (χ2v) is 4.10. The molecule has 1 heterocycles. The number of rotatable bonds is 3. The van der Waals surface area contributed by atoms with Crippen LogP contribution in [0.25, 0.3) is 0 Å². The van der Waals surface area contributed by atoms with Gasteiger partial charge in [0.05, 0.1) is 18.2 Å². The number of aromatic nitrogens is 1. The summed E-state index contributed by atoms with van der Waals surface area (Å²) < 4.78 is 43.3. The van der Waals surface area contributed by atoms with Crippen molar-refractivity contribution in [3.05, 3.63) is 53.2 Å². The fraction of sp³-hybridized carbons (Fsp3) is 0.143. The molecule has 0 unspecified atom stereocenters. The zero-order chi connectivity index (χ0) is 15.5. The van der Waals surface area contributed by atoms with Gasteiger partial charge in [-0.3, -0.25) is 0 Å². The predicted molar refractivity (Wildman–Crippen MR) is 66.4 cm³/mol. The van der Waals surface area contributed by atoms with Gasteiger partial charge in [-0.2, -0.15) is 18.4 Å². The van der Waals surface area contributed by atoms with Crippen molar-refractivity contribution in [2.45, 2.75) is 12.8 Å². The Morgan fingerprint density at radius 1 is 1.24 bits per heavy atom. The fourth-order valence-corrected chi connectivity index (χ4v) is 1.60. The third-order valence-corrected chi connectivity index (χ3v) is 2.52. The molecule has 0 fully saturated rings. The zero-order valence-electron chi connectivity index (χ0n) is 10.6. The summed E-state index contributed by atoms with van der Waals surface area (Å²) >= 11 is 0. The lowest BCUT2D eigenvalue weighted by molar-refractivity contribution is -0.141. The lowest BCUT2D eigenvalue weighted by atomic mass is 10.2. The molecule has 21 heavy (non-hydrogen) atoms. The number of benzene rings is 1. The summed E-state index contributed by atoms with van der Waals surface area (Å²) in [6.45, 7) is -0.226. The first-order valence-electron chi connectivity index (χ1n) is 5.79. The van der Waals surface area contributed by atoms with Crippen LogP contribution in [0, 0.1) is 11.3 Å². The standard InChI is InChI=1S/C14H9F3N2O2/c15-14(16,17)12-5-10(7-18)6-13(19-12)21-11-3-1-2-9(4-11)8-20/h1-6,20H,8H2. The number of hydrogen-bond acceptors (Lipinski definition) is 4. The van der Waals surface area contributed by atoms with E-state index in [1.165, 1.54) is 12.1 Å². The zero-order valence-corrected chi connectivity index (χ0v) is 10.6. The maximum absolute atomic E-state index is 12.7.